The molecule has 0 amide bonds. The SMILES string of the molecule is Cc1noc([C@@H](C)N(C)Cc2cnn(CCC(=O)O)c2)n1. The zero-order valence-electron chi connectivity index (χ0n) is 12.4. The lowest BCUT2D eigenvalue weighted by atomic mass is 10.2. The summed E-state index contributed by atoms with van der Waals surface area (Å²) in [4.78, 5) is 16.8. The van der Waals surface area contributed by atoms with Gasteiger partial charge in [-0.05, 0) is 20.9 Å². The molecule has 0 radical (unpaired) electrons. The van der Waals surface area contributed by atoms with E-state index in [0.29, 0.717) is 24.8 Å². The molecule has 0 aliphatic heterocycles. The first-order valence-corrected chi connectivity index (χ1v) is 6.69. The van der Waals surface area contributed by atoms with E-state index in [1.165, 1.54) is 0 Å². The van der Waals surface area contributed by atoms with E-state index >= 15 is 0 Å². The van der Waals surface area contributed by atoms with Gasteiger partial charge in [-0.2, -0.15) is 10.1 Å². The van der Waals surface area contributed by atoms with Gasteiger partial charge in [-0.1, -0.05) is 5.16 Å². The number of hydrogen-bond acceptors (Lipinski definition) is 6. The van der Waals surface area contributed by atoms with Crippen LogP contribution in [-0.2, 0) is 17.9 Å². The van der Waals surface area contributed by atoms with E-state index < -0.39 is 5.97 Å². The third kappa shape index (κ3) is 4.12. The Morgan fingerprint density at radius 2 is 2.33 bits per heavy atom. The molecular formula is C13H19N5O3. The number of aromatic nitrogens is 4. The van der Waals surface area contributed by atoms with E-state index in [1.54, 1.807) is 17.8 Å². The van der Waals surface area contributed by atoms with Gasteiger partial charge in [0.15, 0.2) is 5.82 Å². The Morgan fingerprint density at radius 3 is 2.95 bits per heavy atom. The van der Waals surface area contributed by atoms with Crippen LogP contribution in [0.2, 0.25) is 0 Å². The Bertz CT molecular complexity index is 606. The lowest BCUT2D eigenvalue weighted by molar-refractivity contribution is -0.137. The van der Waals surface area contributed by atoms with Crippen molar-refractivity contribution in [3.8, 4) is 0 Å². The van der Waals surface area contributed by atoms with E-state index in [0.717, 1.165) is 5.56 Å². The summed E-state index contributed by atoms with van der Waals surface area (Å²) in [6, 6.07) is -0.00595. The van der Waals surface area contributed by atoms with Crippen molar-refractivity contribution in [3.05, 3.63) is 29.7 Å². The molecule has 8 heteroatoms. The van der Waals surface area contributed by atoms with Gasteiger partial charge >= 0.3 is 5.97 Å². The van der Waals surface area contributed by atoms with Gasteiger partial charge in [-0.3, -0.25) is 14.4 Å². The summed E-state index contributed by atoms with van der Waals surface area (Å²) in [5.74, 6) is 0.365. The maximum Gasteiger partial charge on any atom is 0.305 e. The van der Waals surface area contributed by atoms with Crippen molar-refractivity contribution < 1.29 is 14.4 Å². The molecule has 0 fully saturated rings. The second kappa shape index (κ2) is 6.49. The van der Waals surface area contributed by atoms with Crippen LogP contribution in [0.3, 0.4) is 0 Å². The van der Waals surface area contributed by atoms with Crippen molar-refractivity contribution in [1.82, 2.24) is 24.8 Å². The maximum absolute atomic E-state index is 10.5. The standard InChI is InChI=1S/C13H19N5O3/c1-9(13-15-10(2)16-21-13)17(3)7-11-6-14-18(8-11)5-4-12(19)20/h6,8-9H,4-5,7H2,1-3H3,(H,19,20)/t9-/m1/s1. The molecule has 2 heterocycles. The van der Waals surface area contributed by atoms with Crippen molar-refractivity contribution >= 4 is 5.97 Å². The lowest BCUT2D eigenvalue weighted by Gasteiger charge is -2.20. The van der Waals surface area contributed by atoms with Gasteiger partial charge in [-0.15, -0.1) is 0 Å². The minimum Gasteiger partial charge on any atom is -0.481 e. The Morgan fingerprint density at radius 1 is 1.57 bits per heavy atom. The first-order chi connectivity index (χ1) is 9.95. The molecule has 114 valence electrons. The fourth-order valence-corrected chi connectivity index (χ4v) is 1.92. The third-order valence-electron chi connectivity index (χ3n) is 3.24. The molecule has 0 aliphatic carbocycles. The molecule has 0 aliphatic rings. The summed E-state index contributed by atoms with van der Waals surface area (Å²) in [7, 11) is 1.96. The molecular weight excluding hydrogens is 274 g/mol. The van der Waals surface area contributed by atoms with Crippen LogP contribution in [0, 0.1) is 6.92 Å². The molecule has 1 atom stereocenters. The molecule has 2 rings (SSSR count). The highest BCUT2D eigenvalue weighted by Gasteiger charge is 2.18. The highest BCUT2D eigenvalue weighted by Crippen LogP contribution is 2.18. The Kier molecular flexibility index (Phi) is 4.69. The van der Waals surface area contributed by atoms with Crippen LogP contribution in [-0.4, -0.2) is 42.9 Å². The molecule has 2 aromatic heterocycles. The zero-order chi connectivity index (χ0) is 15.4. The molecule has 0 saturated heterocycles. The predicted molar refractivity (Wildman–Crippen MR) is 73.4 cm³/mol. The third-order valence-corrected chi connectivity index (χ3v) is 3.24. The normalized spacial score (nSPS) is 12.8. The molecule has 0 saturated carbocycles. The van der Waals surface area contributed by atoms with Crippen molar-refractivity contribution in [2.75, 3.05) is 7.05 Å². The fourth-order valence-electron chi connectivity index (χ4n) is 1.92. The number of carboxylic acid groups (broad SMARTS) is 1. The van der Waals surface area contributed by atoms with Crippen LogP contribution < -0.4 is 0 Å². The summed E-state index contributed by atoms with van der Waals surface area (Å²) in [6.07, 6.45) is 3.66. The van der Waals surface area contributed by atoms with Gasteiger partial charge in [0.1, 0.15) is 0 Å². The summed E-state index contributed by atoms with van der Waals surface area (Å²) < 4.78 is 6.80. The first-order valence-electron chi connectivity index (χ1n) is 6.69. The number of nitrogens with zero attached hydrogens (tertiary/aromatic N) is 5. The Balaban J connectivity index is 1.93. The van der Waals surface area contributed by atoms with Gasteiger partial charge in [-0.25, -0.2) is 0 Å². The summed E-state index contributed by atoms with van der Waals surface area (Å²) in [5.41, 5.74) is 1.01. The molecule has 2 aromatic rings. The van der Waals surface area contributed by atoms with Crippen molar-refractivity contribution in [1.29, 1.82) is 0 Å². The Labute approximate surface area is 122 Å². The van der Waals surface area contributed by atoms with Crippen molar-refractivity contribution in [2.45, 2.75) is 39.4 Å². The number of aryl methyl sites for hydroxylation is 2. The first kappa shape index (κ1) is 15.2. The largest absolute Gasteiger partial charge is 0.481 e. The van der Waals surface area contributed by atoms with Gasteiger partial charge in [0.05, 0.1) is 25.2 Å². The number of carbonyl (C=O) groups is 1. The smallest absolute Gasteiger partial charge is 0.305 e. The van der Waals surface area contributed by atoms with E-state index in [9.17, 15) is 4.79 Å². The minimum atomic E-state index is -0.829. The van der Waals surface area contributed by atoms with E-state index in [1.807, 2.05) is 20.2 Å². The van der Waals surface area contributed by atoms with Crippen LogP contribution in [0.1, 0.15) is 36.7 Å². The fraction of sp³-hybridized carbons (Fsp3) is 0.538. The molecule has 8 nitrogen and oxygen atoms in total. The lowest BCUT2D eigenvalue weighted by Crippen LogP contribution is -2.22. The van der Waals surface area contributed by atoms with Gasteiger partial charge in [0, 0.05) is 18.3 Å². The number of carboxylic acids is 1. The van der Waals surface area contributed by atoms with E-state index in [2.05, 4.69) is 20.1 Å². The average molecular weight is 293 g/mol. The van der Waals surface area contributed by atoms with Gasteiger partial charge in [0.25, 0.3) is 0 Å². The van der Waals surface area contributed by atoms with Crippen LogP contribution in [0.25, 0.3) is 0 Å². The van der Waals surface area contributed by atoms with Crippen LogP contribution in [0.5, 0.6) is 0 Å². The topological polar surface area (TPSA) is 97.3 Å². The minimum absolute atomic E-state index is 0.00595. The molecule has 0 unspecified atom stereocenters. The maximum atomic E-state index is 10.5. The molecule has 21 heavy (non-hydrogen) atoms. The summed E-state index contributed by atoms with van der Waals surface area (Å²) in [5, 5.41) is 16.6. The highest BCUT2D eigenvalue weighted by molar-refractivity contribution is 5.66. The van der Waals surface area contributed by atoms with Crippen LogP contribution in [0.4, 0.5) is 0 Å². The quantitative estimate of drug-likeness (QED) is 0.820. The molecule has 0 aromatic carbocycles. The molecule has 1 N–H and O–H groups in total. The van der Waals surface area contributed by atoms with E-state index in [4.69, 9.17) is 9.63 Å². The van der Waals surface area contributed by atoms with Gasteiger partial charge in [0.2, 0.25) is 5.89 Å². The highest BCUT2D eigenvalue weighted by atomic mass is 16.5. The average Bonchev–Trinajstić information content (AvgIpc) is 3.04. The summed E-state index contributed by atoms with van der Waals surface area (Å²) >= 11 is 0. The number of rotatable bonds is 7. The number of aliphatic carboxylic acids is 1. The van der Waals surface area contributed by atoms with Gasteiger partial charge < -0.3 is 9.63 Å². The van der Waals surface area contributed by atoms with E-state index in [-0.39, 0.29) is 12.5 Å². The monoisotopic (exact) mass is 293 g/mol. The Hall–Kier alpha value is -2.22. The van der Waals surface area contributed by atoms with Crippen molar-refractivity contribution in [2.24, 2.45) is 0 Å². The van der Waals surface area contributed by atoms with Crippen LogP contribution >= 0.6 is 0 Å². The van der Waals surface area contributed by atoms with Crippen molar-refractivity contribution in [3.63, 3.8) is 0 Å². The molecule has 0 bridgehead atoms. The molecule has 0 spiro atoms. The van der Waals surface area contributed by atoms with Crippen LogP contribution in [0.15, 0.2) is 16.9 Å². The zero-order valence-corrected chi connectivity index (χ0v) is 12.4. The second-order valence-electron chi connectivity index (χ2n) is 5.03. The number of hydrogen-bond donors (Lipinski definition) is 1. The summed E-state index contributed by atoms with van der Waals surface area (Å²) in [6.45, 7) is 4.81. The second-order valence-corrected chi connectivity index (χ2v) is 5.03. The predicted octanol–water partition coefficient (Wildman–Crippen LogP) is 1.24.